The van der Waals surface area contributed by atoms with Crippen LogP contribution in [0.2, 0.25) is 0 Å². The molecular weight excluding hydrogens is 278 g/mol. The predicted molar refractivity (Wildman–Crippen MR) is 86.8 cm³/mol. The van der Waals surface area contributed by atoms with E-state index in [1.807, 2.05) is 0 Å². The molecule has 3 heterocycles. The Labute approximate surface area is 134 Å². The SMILES string of the molecule is C[C@@H]1CCCCN1C[C@@H]1CCCN(C(=O)[C@H]2COCCN2)C1. The van der Waals surface area contributed by atoms with Gasteiger partial charge in [0.15, 0.2) is 0 Å². The number of morpholine rings is 1. The Kier molecular flexibility index (Phi) is 5.71. The molecule has 5 heteroatoms. The molecular formula is C17H31N3O2. The van der Waals surface area contributed by atoms with Crippen LogP contribution < -0.4 is 5.32 Å². The molecule has 0 saturated carbocycles. The van der Waals surface area contributed by atoms with Crippen LogP contribution in [0, 0.1) is 5.92 Å². The number of carbonyl (C=O) groups excluding carboxylic acids is 1. The maximum absolute atomic E-state index is 12.6. The number of ether oxygens (including phenoxy) is 1. The van der Waals surface area contributed by atoms with Crippen LogP contribution in [0.5, 0.6) is 0 Å². The van der Waals surface area contributed by atoms with Crippen LogP contribution in [0.1, 0.15) is 39.0 Å². The van der Waals surface area contributed by atoms with Gasteiger partial charge in [0.2, 0.25) is 5.91 Å². The van der Waals surface area contributed by atoms with Crippen molar-refractivity contribution in [2.45, 2.75) is 51.1 Å². The van der Waals surface area contributed by atoms with Crippen LogP contribution in [0.25, 0.3) is 0 Å². The van der Waals surface area contributed by atoms with Crippen molar-refractivity contribution in [3.05, 3.63) is 0 Å². The molecule has 126 valence electrons. The quantitative estimate of drug-likeness (QED) is 0.847. The minimum Gasteiger partial charge on any atom is -0.378 e. The number of carbonyl (C=O) groups is 1. The van der Waals surface area contributed by atoms with Gasteiger partial charge in [0, 0.05) is 32.2 Å². The van der Waals surface area contributed by atoms with Crippen molar-refractivity contribution in [1.82, 2.24) is 15.1 Å². The lowest BCUT2D eigenvalue weighted by Gasteiger charge is -2.40. The van der Waals surface area contributed by atoms with Gasteiger partial charge < -0.3 is 19.9 Å². The van der Waals surface area contributed by atoms with E-state index >= 15 is 0 Å². The number of amides is 1. The number of hydrogen-bond acceptors (Lipinski definition) is 4. The molecule has 0 spiro atoms. The van der Waals surface area contributed by atoms with E-state index in [1.54, 1.807) is 0 Å². The third-order valence-corrected chi connectivity index (χ3v) is 5.48. The van der Waals surface area contributed by atoms with E-state index in [0.29, 0.717) is 18.6 Å². The molecule has 3 aliphatic rings. The number of likely N-dealkylation sites (tertiary alicyclic amines) is 2. The van der Waals surface area contributed by atoms with E-state index in [-0.39, 0.29) is 11.9 Å². The molecule has 0 aromatic rings. The predicted octanol–water partition coefficient (Wildman–Crippen LogP) is 1.09. The fourth-order valence-electron chi connectivity index (χ4n) is 4.12. The summed E-state index contributed by atoms with van der Waals surface area (Å²) in [7, 11) is 0. The number of hydrogen-bond donors (Lipinski definition) is 1. The van der Waals surface area contributed by atoms with Gasteiger partial charge in [-0.1, -0.05) is 6.42 Å². The molecule has 0 aromatic heterocycles. The summed E-state index contributed by atoms with van der Waals surface area (Å²) in [5.41, 5.74) is 0. The third kappa shape index (κ3) is 4.00. The van der Waals surface area contributed by atoms with E-state index in [9.17, 15) is 4.79 Å². The van der Waals surface area contributed by atoms with Crippen molar-refractivity contribution in [3.63, 3.8) is 0 Å². The molecule has 3 aliphatic heterocycles. The molecule has 0 bridgehead atoms. The van der Waals surface area contributed by atoms with Crippen LogP contribution in [0.3, 0.4) is 0 Å². The summed E-state index contributed by atoms with van der Waals surface area (Å²) >= 11 is 0. The molecule has 3 fully saturated rings. The summed E-state index contributed by atoms with van der Waals surface area (Å²) in [5, 5.41) is 3.29. The summed E-state index contributed by atoms with van der Waals surface area (Å²) < 4.78 is 5.44. The molecule has 0 aliphatic carbocycles. The first-order valence-electron chi connectivity index (χ1n) is 9.08. The molecule has 1 amide bonds. The Balaban J connectivity index is 1.51. The fourth-order valence-corrected chi connectivity index (χ4v) is 4.12. The normalized spacial score (nSPS) is 34.6. The van der Waals surface area contributed by atoms with Crippen LogP contribution in [0.4, 0.5) is 0 Å². The van der Waals surface area contributed by atoms with Gasteiger partial charge in [-0.25, -0.2) is 0 Å². The van der Waals surface area contributed by atoms with E-state index in [1.165, 1.54) is 38.8 Å². The lowest BCUT2D eigenvalue weighted by atomic mass is 9.94. The van der Waals surface area contributed by atoms with Gasteiger partial charge in [-0.05, 0) is 45.1 Å². The minimum atomic E-state index is -0.124. The van der Waals surface area contributed by atoms with Crippen molar-refractivity contribution in [2.75, 3.05) is 45.9 Å². The lowest BCUT2D eigenvalue weighted by molar-refractivity contribution is -0.138. The second-order valence-corrected chi connectivity index (χ2v) is 7.21. The second kappa shape index (κ2) is 7.75. The fraction of sp³-hybridized carbons (Fsp3) is 0.941. The van der Waals surface area contributed by atoms with Crippen molar-refractivity contribution < 1.29 is 9.53 Å². The van der Waals surface area contributed by atoms with Crippen molar-refractivity contribution in [3.8, 4) is 0 Å². The van der Waals surface area contributed by atoms with Gasteiger partial charge in [-0.3, -0.25) is 4.79 Å². The highest BCUT2D eigenvalue weighted by molar-refractivity contribution is 5.82. The van der Waals surface area contributed by atoms with Crippen LogP contribution >= 0.6 is 0 Å². The Morgan fingerprint density at radius 1 is 1.23 bits per heavy atom. The Morgan fingerprint density at radius 3 is 2.91 bits per heavy atom. The summed E-state index contributed by atoms with van der Waals surface area (Å²) in [6.45, 7) is 8.65. The highest BCUT2D eigenvalue weighted by atomic mass is 16.5. The molecule has 3 atom stereocenters. The van der Waals surface area contributed by atoms with Crippen molar-refractivity contribution >= 4 is 5.91 Å². The molecule has 3 saturated heterocycles. The smallest absolute Gasteiger partial charge is 0.242 e. The molecule has 1 N–H and O–H groups in total. The summed E-state index contributed by atoms with van der Waals surface area (Å²) in [5.74, 6) is 0.888. The highest BCUT2D eigenvalue weighted by Crippen LogP contribution is 2.23. The van der Waals surface area contributed by atoms with Crippen LogP contribution in [-0.2, 0) is 9.53 Å². The third-order valence-electron chi connectivity index (χ3n) is 5.48. The lowest BCUT2D eigenvalue weighted by Crippen LogP contribution is -2.55. The minimum absolute atomic E-state index is 0.124. The van der Waals surface area contributed by atoms with Gasteiger partial charge in [-0.2, -0.15) is 0 Å². The zero-order valence-corrected chi connectivity index (χ0v) is 13.9. The molecule has 0 radical (unpaired) electrons. The molecule has 0 unspecified atom stereocenters. The largest absolute Gasteiger partial charge is 0.378 e. The molecule has 5 nitrogen and oxygen atoms in total. The number of rotatable bonds is 3. The Hall–Kier alpha value is -0.650. The Morgan fingerprint density at radius 2 is 2.14 bits per heavy atom. The van der Waals surface area contributed by atoms with Gasteiger partial charge in [0.05, 0.1) is 13.2 Å². The maximum atomic E-state index is 12.6. The van der Waals surface area contributed by atoms with Crippen LogP contribution in [-0.4, -0.2) is 73.7 Å². The average molecular weight is 309 g/mol. The second-order valence-electron chi connectivity index (χ2n) is 7.21. The number of nitrogens with zero attached hydrogens (tertiary/aromatic N) is 2. The zero-order valence-electron chi connectivity index (χ0n) is 13.9. The van der Waals surface area contributed by atoms with E-state index in [2.05, 4.69) is 22.0 Å². The summed E-state index contributed by atoms with van der Waals surface area (Å²) in [6, 6.07) is 0.592. The van der Waals surface area contributed by atoms with Gasteiger partial charge in [0.1, 0.15) is 6.04 Å². The topological polar surface area (TPSA) is 44.8 Å². The zero-order chi connectivity index (χ0) is 15.4. The van der Waals surface area contributed by atoms with Crippen molar-refractivity contribution in [1.29, 1.82) is 0 Å². The standard InChI is InChI=1S/C17H31N3O2/c1-14-5-2-3-8-19(14)11-15-6-4-9-20(12-15)17(21)16-13-22-10-7-18-16/h14-16,18H,2-13H2,1H3/t14-,15+,16-/m1/s1. The first-order chi connectivity index (χ1) is 10.7. The highest BCUT2D eigenvalue weighted by Gasteiger charge is 2.31. The summed E-state index contributed by atoms with van der Waals surface area (Å²) in [6.07, 6.45) is 6.45. The number of piperidine rings is 2. The molecule has 22 heavy (non-hydrogen) atoms. The Bertz CT molecular complexity index is 371. The molecule has 3 rings (SSSR count). The first-order valence-corrected chi connectivity index (χ1v) is 9.08. The van der Waals surface area contributed by atoms with Gasteiger partial charge in [0.25, 0.3) is 0 Å². The average Bonchev–Trinajstić information content (AvgIpc) is 2.57. The number of nitrogens with one attached hydrogen (secondary N) is 1. The molecule has 0 aromatic carbocycles. The van der Waals surface area contributed by atoms with E-state index in [0.717, 1.165) is 32.7 Å². The maximum Gasteiger partial charge on any atom is 0.242 e. The monoisotopic (exact) mass is 309 g/mol. The van der Waals surface area contributed by atoms with Crippen molar-refractivity contribution in [2.24, 2.45) is 5.92 Å². The van der Waals surface area contributed by atoms with Gasteiger partial charge >= 0.3 is 0 Å². The first kappa shape index (κ1) is 16.2. The van der Waals surface area contributed by atoms with E-state index < -0.39 is 0 Å². The van der Waals surface area contributed by atoms with Gasteiger partial charge in [-0.15, -0.1) is 0 Å². The van der Waals surface area contributed by atoms with E-state index in [4.69, 9.17) is 4.74 Å². The summed E-state index contributed by atoms with van der Waals surface area (Å²) in [4.78, 5) is 17.3. The van der Waals surface area contributed by atoms with Crippen LogP contribution in [0.15, 0.2) is 0 Å².